The maximum atomic E-state index is 2.32. The highest BCUT2D eigenvalue weighted by Crippen LogP contribution is 2.27. The topological polar surface area (TPSA) is 0 Å². The molecule has 0 nitrogen and oxygen atoms in total. The van der Waals surface area contributed by atoms with E-state index in [1.54, 1.807) is 10.8 Å². The van der Waals surface area contributed by atoms with E-state index in [1.807, 2.05) is 0 Å². The van der Waals surface area contributed by atoms with Gasteiger partial charge in [0.25, 0.3) is 0 Å². The van der Waals surface area contributed by atoms with Crippen LogP contribution in [-0.4, -0.2) is 9.52 Å². The summed E-state index contributed by atoms with van der Waals surface area (Å²) >= 11 is 0. The van der Waals surface area contributed by atoms with Gasteiger partial charge in [-0.3, -0.25) is 0 Å². The van der Waals surface area contributed by atoms with E-state index in [0.29, 0.717) is 0 Å². The van der Waals surface area contributed by atoms with E-state index in [1.165, 1.54) is 21.9 Å². The van der Waals surface area contributed by atoms with Crippen molar-refractivity contribution >= 4 is 20.3 Å². The Morgan fingerprint density at radius 1 is 0.909 bits per heavy atom. The van der Waals surface area contributed by atoms with Crippen molar-refractivity contribution in [2.45, 2.75) is 33.1 Å². The van der Waals surface area contributed by atoms with E-state index in [2.05, 4.69) is 74.5 Å². The van der Waals surface area contributed by atoms with Crippen molar-refractivity contribution < 1.29 is 0 Å². The third-order valence-electron chi connectivity index (χ3n) is 4.31. The average Bonchev–Trinajstić information content (AvgIpc) is 3.03. The van der Waals surface area contributed by atoms with Crippen molar-refractivity contribution in [3.63, 3.8) is 0 Å². The first-order valence-corrected chi connectivity index (χ1v) is 9.16. The molecule has 0 spiro atoms. The van der Waals surface area contributed by atoms with Crippen LogP contribution >= 0.6 is 0 Å². The summed E-state index contributed by atoms with van der Waals surface area (Å²) in [4.78, 5) is 0. The van der Waals surface area contributed by atoms with Crippen LogP contribution in [-0.2, 0) is 12.8 Å². The smallest absolute Gasteiger partial charge is 0.0802 e. The van der Waals surface area contributed by atoms with E-state index >= 15 is 0 Å². The molecular formula is C21H22Si. The molecule has 110 valence electrons. The zero-order chi connectivity index (χ0) is 15.4. The second-order valence-corrected chi connectivity index (χ2v) is 7.03. The third kappa shape index (κ3) is 3.00. The van der Waals surface area contributed by atoms with Gasteiger partial charge in [0.15, 0.2) is 0 Å². The van der Waals surface area contributed by atoms with Crippen molar-refractivity contribution in [3.8, 4) is 0 Å². The highest BCUT2D eigenvalue weighted by atomic mass is 28.2. The molecule has 1 heteroatoms. The Labute approximate surface area is 136 Å². The lowest BCUT2D eigenvalue weighted by Gasteiger charge is -2.14. The van der Waals surface area contributed by atoms with Gasteiger partial charge in [0, 0.05) is 0 Å². The molecule has 0 bridgehead atoms. The van der Waals surface area contributed by atoms with Crippen LogP contribution < -0.4 is 5.19 Å². The van der Waals surface area contributed by atoms with Gasteiger partial charge >= 0.3 is 0 Å². The van der Waals surface area contributed by atoms with E-state index in [9.17, 15) is 0 Å². The van der Waals surface area contributed by atoms with Gasteiger partial charge in [0.2, 0.25) is 0 Å². The fourth-order valence-electron chi connectivity index (χ4n) is 3.17. The third-order valence-corrected chi connectivity index (χ3v) is 5.82. The lowest BCUT2D eigenvalue weighted by Crippen LogP contribution is -2.22. The summed E-state index contributed by atoms with van der Waals surface area (Å²) in [5.41, 5.74) is 5.86. The van der Waals surface area contributed by atoms with Crippen LogP contribution in [0.5, 0.6) is 0 Å². The largest absolute Gasteiger partial charge is 0.117 e. The van der Waals surface area contributed by atoms with E-state index in [0.717, 1.165) is 28.8 Å². The zero-order valence-electron chi connectivity index (χ0n) is 13.4. The standard InChI is InChI=1S/C21H22Si/c1-3-16-12-8-14-20(18(16)4-2)22-21-15-9-13-19(21)17-10-6-5-7-11-17/h5-14H,3-4,15H2,1-2H3. The lowest BCUT2D eigenvalue weighted by molar-refractivity contribution is 1.05. The molecule has 2 aromatic rings. The Morgan fingerprint density at radius 2 is 1.73 bits per heavy atom. The van der Waals surface area contributed by atoms with Crippen LogP contribution in [0.4, 0.5) is 0 Å². The fourth-order valence-corrected chi connectivity index (χ4v) is 4.75. The summed E-state index contributed by atoms with van der Waals surface area (Å²) in [6.07, 6.45) is 7.97. The quantitative estimate of drug-likeness (QED) is 0.713. The molecule has 2 radical (unpaired) electrons. The van der Waals surface area contributed by atoms with Crippen molar-refractivity contribution in [2.24, 2.45) is 0 Å². The molecule has 0 saturated heterocycles. The van der Waals surface area contributed by atoms with Crippen LogP contribution in [0.15, 0.2) is 65.9 Å². The summed E-state index contributed by atoms with van der Waals surface area (Å²) in [6, 6.07) is 17.6. The van der Waals surface area contributed by atoms with Crippen molar-refractivity contribution in [2.75, 3.05) is 0 Å². The van der Waals surface area contributed by atoms with E-state index in [4.69, 9.17) is 0 Å². The Bertz CT molecular complexity index is 708. The highest BCUT2D eigenvalue weighted by molar-refractivity contribution is 6.63. The first kappa shape index (κ1) is 15.0. The molecule has 0 atom stereocenters. The molecule has 0 amide bonds. The zero-order valence-corrected chi connectivity index (χ0v) is 14.4. The molecule has 22 heavy (non-hydrogen) atoms. The normalized spacial score (nSPS) is 13.9. The molecule has 0 heterocycles. The minimum absolute atomic E-state index is 0.786. The maximum absolute atomic E-state index is 2.32. The number of hydrogen-bond donors (Lipinski definition) is 0. The molecule has 0 aromatic heterocycles. The van der Waals surface area contributed by atoms with Gasteiger partial charge in [-0.1, -0.05) is 84.9 Å². The first-order chi connectivity index (χ1) is 10.8. The molecular weight excluding hydrogens is 280 g/mol. The lowest BCUT2D eigenvalue weighted by atomic mass is 10.0. The summed E-state index contributed by atoms with van der Waals surface area (Å²) in [5.74, 6) is 0. The molecule has 0 fully saturated rings. The highest BCUT2D eigenvalue weighted by Gasteiger charge is 2.15. The van der Waals surface area contributed by atoms with Crippen LogP contribution in [0.3, 0.4) is 0 Å². The summed E-state index contributed by atoms with van der Waals surface area (Å²) in [7, 11) is 0.786. The minimum Gasteiger partial charge on any atom is -0.0802 e. The van der Waals surface area contributed by atoms with Crippen LogP contribution in [0, 0.1) is 0 Å². The monoisotopic (exact) mass is 302 g/mol. The maximum Gasteiger partial charge on any atom is 0.117 e. The Kier molecular flexibility index (Phi) is 4.74. The second-order valence-electron chi connectivity index (χ2n) is 5.64. The van der Waals surface area contributed by atoms with Gasteiger partial charge in [-0.05, 0) is 41.5 Å². The van der Waals surface area contributed by atoms with Gasteiger partial charge in [0.1, 0.15) is 9.52 Å². The average molecular weight is 302 g/mol. The van der Waals surface area contributed by atoms with E-state index in [-0.39, 0.29) is 0 Å². The molecule has 0 aliphatic heterocycles. The number of allylic oxidation sites excluding steroid dienone is 4. The molecule has 0 N–H and O–H groups in total. The summed E-state index contributed by atoms with van der Waals surface area (Å²) in [5, 5.41) is 3.11. The Hall–Kier alpha value is -1.86. The van der Waals surface area contributed by atoms with Crippen LogP contribution in [0.25, 0.3) is 5.57 Å². The number of aryl methyl sites for hydroxylation is 1. The van der Waals surface area contributed by atoms with Crippen LogP contribution in [0.2, 0.25) is 0 Å². The summed E-state index contributed by atoms with van der Waals surface area (Å²) < 4.78 is 0. The van der Waals surface area contributed by atoms with Crippen LogP contribution in [0.1, 0.15) is 37.0 Å². The van der Waals surface area contributed by atoms with Gasteiger partial charge < -0.3 is 0 Å². The Balaban J connectivity index is 1.96. The SMILES string of the molecule is CCc1cccc([Si]C2=C(c3ccccc3)C=CC2)c1CC. The predicted octanol–water partition coefficient (Wildman–Crippen LogP) is 4.51. The van der Waals surface area contributed by atoms with Crippen molar-refractivity contribution in [1.82, 2.24) is 0 Å². The number of hydrogen-bond acceptors (Lipinski definition) is 0. The van der Waals surface area contributed by atoms with Gasteiger partial charge in [0.05, 0.1) is 0 Å². The summed E-state index contributed by atoms with van der Waals surface area (Å²) in [6.45, 7) is 4.54. The molecule has 0 saturated carbocycles. The molecule has 1 aliphatic carbocycles. The molecule has 3 rings (SSSR count). The van der Waals surface area contributed by atoms with E-state index < -0.39 is 0 Å². The second kappa shape index (κ2) is 6.93. The van der Waals surface area contributed by atoms with Gasteiger partial charge in [-0.2, -0.15) is 0 Å². The van der Waals surface area contributed by atoms with Crippen molar-refractivity contribution in [3.05, 3.63) is 82.6 Å². The number of benzene rings is 2. The van der Waals surface area contributed by atoms with Gasteiger partial charge in [-0.15, -0.1) is 0 Å². The molecule has 0 unspecified atom stereocenters. The molecule has 1 aliphatic rings. The van der Waals surface area contributed by atoms with Gasteiger partial charge in [-0.25, -0.2) is 0 Å². The minimum atomic E-state index is 0.786. The first-order valence-electron chi connectivity index (χ1n) is 8.16. The fraction of sp³-hybridized carbons (Fsp3) is 0.238. The number of rotatable bonds is 5. The predicted molar refractivity (Wildman–Crippen MR) is 97.7 cm³/mol. The molecule has 2 aromatic carbocycles. The Morgan fingerprint density at radius 3 is 2.45 bits per heavy atom. The van der Waals surface area contributed by atoms with Crippen molar-refractivity contribution in [1.29, 1.82) is 0 Å².